The van der Waals surface area contributed by atoms with Crippen LogP contribution >= 0.6 is 11.6 Å². The molecule has 0 saturated carbocycles. The van der Waals surface area contributed by atoms with Crippen LogP contribution in [0.5, 0.6) is 0 Å². The van der Waals surface area contributed by atoms with Gasteiger partial charge in [-0.1, -0.05) is 11.6 Å². The Bertz CT molecular complexity index is 1180. The predicted octanol–water partition coefficient (Wildman–Crippen LogP) is 1.59. The van der Waals surface area contributed by atoms with E-state index in [1.54, 1.807) is 7.05 Å². The molecule has 0 spiro atoms. The molecule has 1 amide bonds. The van der Waals surface area contributed by atoms with Crippen LogP contribution < -0.4 is 20.1 Å². The Morgan fingerprint density at radius 2 is 1.71 bits per heavy atom. The molecule has 12 heteroatoms. The molecule has 0 bridgehead atoms. The SMILES string of the molecule is CNc1ccc(S(=O)(=O)NC)cc1NS(=O)(=O)c1cc2c(cc1Cl)NC(=O)C2. The van der Waals surface area contributed by atoms with Crippen molar-refractivity contribution in [2.45, 2.75) is 16.2 Å². The van der Waals surface area contributed by atoms with Crippen LogP contribution in [0.4, 0.5) is 17.1 Å². The summed E-state index contributed by atoms with van der Waals surface area (Å²) in [6, 6.07) is 6.67. The van der Waals surface area contributed by atoms with Gasteiger partial charge in [-0.05, 0) is 42.9 Å². The standard InChI is InChI=1S/C16H17ClN4O5S2/c1-18-12-4-3-10(27(23,24)19-2)7-14(12)21-28(25,26)15-5-9-6-16(22)20-13(9)8-11(15)17/h3-5,7-8,18-19,21H,6H2,1-2H3,(H,20,22). The zero-order valence-corrected chi connectivity index (χ0v) is 17.2. The molecule has 1 aliphatic heterocycles. The monoisotopic (exact) mass is 444 g/mol. The first-order valence-electron chi connectivity index (χ1n) is 7.98. The second-order valence-corrected chi connectivity index (χ2v) is 9.88. The van der Waals surface area contributed by atoms with Crippen molar-refractivity contribution >= 4 is 54.6 Å². The van der Waals surface area contributed by atoms with Crippen molar-refractivity contribution in [1.82, 2.24) is 4.72 Å². The van der Waals surface area contributed by atoms with E-state index >= 15 is 0 Å². The third kappa shape index (κ3) is 3.78. The van der Waals surface area contributed by atoms with Gasteiger partial charge in [-0.15, -0.1) is 0 Å². The molecule has 4 N–H and O–H groups in total. The first kappa shape index (κ1) is 20.4. The average molecular weight is 445 g/mol. The number of carbonyl (C=O) groups is 1. The van der Waals surface area contributed by atoms with Gasteiger partial charge in [-0.3, -0.25) is 9.52 Å². The minimum Gasteiger partial charge on any atom is -0.386 e. The summed E-state index contributed by atoms with van der Waals surface area (Å²) in [5.41, 5.74) is 1.37. The van der Waals surface area contributed by atoms with E-state index in [4.69, 9.17) is 11.6 Å². The Labute approximate surface area is 167 Å². The maximum atomic E-state index is 12.9. The number of benzene rings is 2. The number of carbonyl (C=O) groups excluding carboxylic acids is 1. The molecular formula is C16H17ClN4O5S2. The number of sulfonamides is 2. The summed E-state index contributed by atoms with van der Waals surface area (Å²) < 4.78 is 54.4. The Kier molecular flexibility index (Phi) is 5.28. The Balaban J connectivity index is 2.05. The fourth-order valence-electron chi connectivity index (χ4n) is 2.74. The van der Waals surface area contributed by atoms with E-state index in [-0.39, 0.29) is 32.8 Å². The molecule has 9 nitrogen and oxygen atoms in total. The van der Waals surface area contributed by atoms with Crippen LogP contribution in [0.25, 0.3) is 0 Å². The van der Waals surface area contributed by atoms with Gasteiger partial charge in [-0.25, -0.2) is 21.6 Å². The number of rotatable bonds is 6. The van der Waals surface area contributed by atoms with Gasteiger partial charge in [-0.2, -0.15) is 0 Å². The zero-order valence-electron chi connectivity index (χ0n) is 14.8. The molecule has 0 radical (unpaired) electrons. The van der Waals surface area contributed by atoms with Crippen molar-refractivity contribution < 1.29 is 21.6 Å². The number of nitrogens with one attached hydrogen (secondary N) is 4. The molecule has 150 valence electrons. The van der Waals surface area contributed by atoms with Gasteiger partial charge in [0.1, 0.15) is 4.90 Å². The Morgan fingerprint density at radius 1 is 1.00 bits per heavy atom. The first-order valence-corrected chi connectivity index (χ1v) is 11.3. The van der Waals surface area contributed by atoms with Gasteiger partial charge in [0.25, 0.3) is 10.0 Å². The number of hydrogen-bond donors (Lipinski definition) is 4. The van der Waals surface area contributed by atoms with Crippen LogP contribution in [0.15, 0.2) is 40.1 Å². The lowest BCUT2D eigenvalue weighted by molar-refractivity contribution is -0.115. The van der Waals surface area contributed by atoms with Crippen molar-refractivity contribution in [3.8, 4) is 0 Å². The van der Waals surface area contributed by atoms with Crippen molar-refractivity contribution in [3.63, 3.8) is 0 Å². The Hall–Kier alpha value is -2.34. The first-order chi connectivity index (χ1) is 13.1. The van der Waals surface area contributed by atoms with Crippen LogP contribution in [0.2, 0.25) is 5.02 Å². The smallest absolute Gasteiger partial charge is 0.263 e. The van der Waals surface area contributed by atoms with Crippen molar-refractivity contribution in [1.29, 1.82) is 0 Å². The maximum absolute atomic E-state index is 12.9. The highest BCUT2D eigenvalue weighted by Crippen LogP contribution is 2.34. The summed E-state index contributed by atoms with van der Waals surface area (Å²) in [5.74, 6) is -0.254. The molecule has 28 heavy (non-hydrogen) atoms. The number of halogens is 1. The summed E-state index contributed by atoms with van der Waals surface area (Å²) in [6.45, 7) is 0. The van der Waals surface area contributed by atoms with Crippen LogP contribution in [-0.4, -0.2) is 36.8 Å². The zero-order chi connectivity index (χ0) is 20.7. The molecular weight excluding hydrogens is 428 g/mol. The van der Waals surface area contributed by atoms with Gasteiger partial charge in [0, 0.05) is 12.7 Å². The van der Waals surface area contributed by atoms with Crippen molar-refractivity contribution in [3.05, 3.63) is 40.9 Å². The topological polar surface area (TPSA) is 133 Å². The average Bonchev–Trinajstić information content (AvgIpc) is 2.99. The lowest BCUT2D eigenvalue weighted by atomic mass is 10.2. The number of anilines is 3. The molecule has 0 aliphatic carbocycles. The maximum Gasteiger partial charge on any atom is 0.263 e. The van der Waals surface area contributed by atoms with Gasteiger partial charge in [0.2, 0.25) is 15.9 Å². The van der Waals surface area contributed by atoms with E-state index in [2.05, 4.69) is 20.1 Å². The van der Waals surface area contributed by atoms with E-state index < -0.39 is 20.0 Å². The molecule has 3 rings (SSSR count). The summed E-state index contributed by atoms with van der Waals surface area (Å²) in [4.78, 5) is 11.2. The quantitative estimate of drug-likeness (QED) is 0.534. The molecule has 2 aromatic carbocycles. The molecule has 1 heterocycles. The Morgan fingerprint density at radius 3 is 2.36 bits per heavy atom. The molecule has 1 aliphatic rings. The normalized spacial score (nSPS) is 13.8. The van der Waals surface area contributed by atoms with Gasteiger partial charge >= 0.3 is 0 Å². The molecule has 0 saturated heterocycles. The summed E-state index contributed by atoms with van der Waals surface area (Å²) in [7, 11) is -5.11. The summed E-state index contributed by atoms with van der Waals surface area (Å²) in [5, 5.41) is 5.32. The van der Waals surface area contributed by atoms with Gasteiger partial charge in [0.05, 0.1) is 27.7 Å². The number of hydrogen-bond acceptors (Lipinski definition) is 6. The third-order valence-corrected chi connectivity index (χ3v) is 7.40. The minimum atomic E-state index is -4.16. The van der Waals surface area contributed by atoms with Crippen LogP contribution in [0.1, 0.15) is 5.56 Å². The van der Waals surface area contributed by atoms with E-state index in [1.807, 2.05) is 0 Å². The number of fused-ring (bicyclic) bond motifs is 1. The molecule has 0 atom stereocenters. The molecule has 2 aromatic rings. The van der Waals surface area contributed by atoms with Crippen molar-refractivity contribution in [2.75, 3.05) is 29.5 Å². The summed E-state index contributed by atoms with van der Waals surface area (Å²) in [6.07, 6.45) is 0.0483. The summed E-state index contributed by atoms with van der Waals surface area (Å²) >= 11 is 6.11. The minimum absolute atomic E-state index is 0.0320. The molecule has 0 aromatic heterocycles. The largest absolute Gasteiger partial charge is 0.386 e. The van der Waals surface area contributed by atoms with E-state index in [0.29, 0.717) is 16.9 Å². The van der Waals surface area contributed by atoms with Gasteiger partial charge in [0.15, 0.2) is 0 Å². The predicted molar refractivity (Wildman–Crippen MR) is 107 cm³/mol. The third-order valence-electron chi connectivity index (χ3n) is 4.16. The van der Waals surface area contributed by atoms with Crippen molar-refractivity contribution in [2.24, 2.45) is 0 Å². The highest BCUT2D eigenvalue weighted by molar-refractivity contribution is 7.93. The second kappa shape index (κ2) is 7.24. The van der Waals surface area contributed by atoms with E-state index in [0.717, 1.165) is 0 Å². The second-order valence-electron chi connectivity index (χ2n) is 5.94. The fourth-order valence-corrected chi connectivity index (χ4v) is 5.15. The lowest BCUT2D eigenvalue weighted by Crippen LogP contribution is -2.20. The highest BCUT2D eigenvalue weighted by Gasteiger charge is 2.26. The van der Waals surface area contributed by atoms with E-state index in [9.17, 15) is 21.6 Å². The van der Waals surface area contributed by atoms with Crippen LogP contribution in [-0.2, 0) is 31.3 Å². The van der Waals surface area contributed by atoms with Crippen LogP contribution in [0, 0.1) is 0 Å². The highest BCUT2D eigenvalue weighted by atomic mass is 35.5. The van der Waals surface area contributed by atoms with Crippen LogP contribution in [0.3, 0.4) is 0 Å². The fraction of sp³-hybridized carbons (Fsp3) is 0.188. The number of amides is 1. The van der Waals surface area contributed by atoms with E-state index in [1.165, 1.54) is 37.4 Å². The lowest BCUT2D eigenvalue weighted by Gasteiger charge is -2.15. The molecule has 0 fully saturated rings. The van der Waals surface area contributed by atoms with Gasteiger partial charge < -0.3 is 10.6 Å². The molecule has 0 unspecified atom stereocenters.